The van der Waals surface area contributed by atoms with E-state index in [1.165, 1.54) is 5.56 Å². The third kappa shape index (κ3) is 5.61. The second-order valence-electron chi connectivity index (χ2n) is 7.16. The number of hydrogen-bond acceptors (Lipinski definition) is 2. The van der Waals surface area contributed by atoms with Crippen LogP contribution in [0.1, 0.15) is 38.7 Å². The Morgan fingerprint density at radius 3 is 2.61 bits per heavy atom. The first kappa shape index (κ1) is 18.5. The van der Waals surface area contributed by atoms with Crippen molar-refractivity contribution in [1.29, 1.82) is 0 Å². The van der Waals surface area contributed by atoms with Crippen molar-refractivity contribution in [2.75, 3.05) is 19.6 Å². The average Bonchev–Trinajstić information content (AvgIpc) is 2.53. The number of nitrogens with two attached hydrogens (primary N) is 1. The van der Waals surface area contributed by atoms with Gasteiger partial charge in [-0.25, -0.2) is 0 Å². The van der Waals surface area contributed by atoms with Crippen LogP contribution in [0.3, 0.4) is 0 Å². The number of carbonyl (C=O) groups is 1. The maximum atomic E-state index is 13.0. The predicted molar refractivity (Wildman–Crippen MR) is 99.1 cm³/mol. The highest BCUT2D eigenvalue weighted by molar-refractivity contribution is 9.10. The Morgan fingerprint density at radius 1 is 1.35 bits per heavy atom. The molecule has 1 saturated heterocycles. The molecule has 0 saturated carbocycles. The van der Waals surface area contributed by atoms with Crippen molar-refractivity contribution in [1.82, 2.24) is 4.90 Å². The summed E-state index contributed by atoms with van der Waals surface area (Å²) in [5, 5.41) is 0. The van der Waals surface area contributed by atoms with Gasteiger partial charge in [0, 0.05) is 23.5 Å². The van der Waals surface area contributed by atoms with Crippen molar-refractivity contribution in [3.63, 3.8) is 0 Å². The van der Waals surface area contributed by atoms with E-state index in [9.17, 15) is 4.79 Å². The minimum absolute atomic E-state index is 0.0822. The molecule has 3 nitrogen and oxygen atoms in total. The quantitative estimate of drug-likeness (QED) is 0.814. The van der Waals surface area contributed by atoms with Crippen LogP contribution in [0.4, 0.5) is 0 Å². The lowest BCUT2D eigenvalue weighted by atomic mass is 9.88. The van der Waals surface area contributed by atoms with Gasteiger partial charge in [-0.2, -0.15) is 0 Å². The molecule has 2 N–H and O–H groups in total. The lowest BCUT2D eigenvalue weighted by molar-refractivity contribution is -0.137. The largest absolute Gasteiger partial charge is 0.342 e. The maximum absolute atomic E-state index is 13.0. The molecule has 1 aromatic rings. The van der Waals surface area contributed by atoms with Gasteiger partial charge in [-0.1, -0.05) is 41.9 Å². The summed E-state index contributed by atoms with van der Waals surface area (Å²) in [5.41, 5.74) is 6.99. The molecule has 23 heavy (non-hydrogen) atoms. The molecule has 4 heteroatoms. The molecule has 1 fully saturated rings. The number of likely N-dealkylation sites (tertiary alicyclic amines) is 1. The van der Waals surface area contributed by atoms with Crippen molar-refractivity contribution in [3.8, 4) is 0 Å². The second-order valence-corrected chi connectivity index (χ2v) is 8.08. The Labute approximate surface area is 148 Å². The number of amides is 1. The summed E-state index contributed by atoms with van der Waals surface area (Å²) in [6.07, 6.45) is 3.87. The molecular weight excluding hydrogens is 352 g/mol. The number of hydrogen-bond donors (Lipinski definition) is 1. The van der Waals surface area contributed by atoms with Crippen LogP contribution in [0, 0.1) is 17.8 Å². The highest BCUT2D eigenvalue weighted by atomic mass is 79.9. The van der Waals surface area contributed by atoms with E-state index in [1.807, 2.05) is 12.1 Å². The van der Waals surface area contributed by atoms with E-state index in [1.54, 1.807) is 0 Å². The van der Waals surface area contributed by atoms with Crippen molar-refractivity contribution < 1.29 is 4.79 Å². The SMILES string of the molecule is CC(C)CC(Cc1cccc(Br)c1)C(=O)N1CCC(CN)CC1. The van der Waals surface area contributed by atoms with Gasteiger partial charge in [0.1, 0.15) is 0 Å². The Kier molecular flexibility index (Phi) is 7.09. The molecule has 0 radical (unpaired) electrons. The van der Waals surface area contributed by atoms with Crippen LogP contribution in [0.2, 0.25) is 0 Å². The fourth-order valence-corrected chi connectivity index (χ4v) is 3.88. The van der Waals surface area contributed by atoms with E-state index in [0.29, 0.717) is 17.7 Å². The van der Waals surface area contributed by atoms with Crippen molar-refractivity contribution >= 4 is 21.8 Å². The smallest absolute Gasteiger partial charge is 0.226 e. The molecule has 0 bridgehead atoms. The summed E-state index contributed by atoms with van der Waals surface area (Å²) in [6, 6.07) is 8.32. The molecule has 1 amide bonds. The highest BCUT2D eigenvalue weighted by Gasteiger charge is 2.28. The van der Waals surface area contributed by atoms with Crippen molar-refractivity contribution in [2.24, 2.45) is 23.5 Å². The standard InChI is InChI=1S/C19H29BrN2O/c1-14(2)10-17(11-16-4-3-5-18(20)12-16)19(23)22-8-6-15(13-21)7-9-22/h3-5,12,14-15,17H,6-11,13,21H2,1-2H3. The Balaban J connectivity index is 2.04. The van der Waals surface area contributed by atoms with Crippen molar-refractivity contribution in [2.45, 2.75) is 39.5 Å². The first-order chi connectivity index (χ1) is 11.0. The second kappa shape index (κ2) is 8.84. The number of rotatable bonds is 6. The Bertz CT molecular complexity index is 510. The number of benzene rings is 1. The van der Waals surface area contributed by atoms with Gasteiger partial charge >= 0.3 is 0 Å². The van der Waals surface area contributed by atoms with Crippen LogP contribution in [0.5, 0.6) is 0 Å². The van der Waals surface area contributed by atoms with Gasteiger partial charge in [0.15, 0.2) is 0 Å². The van der Waals surface area contributed by atoms with E-state index in [4.69, 9.17) is 5.73 Å². The van der Waals surface area contributed by atoms with Crippen LogP contribution in [0.25, 0.3) is 0 Å². The van der Waals surface area contributed by atoms with Crippen LogP contribution in [-0.2, 0) is 11.2 Å². The number of carbonyl (C=O) groups excluding carboxylic acids is 1. The molecule has 1 atom stereocenters. The zero-order chi connectivity index (χ0) is 16.8. The lowest BCUT2D eigenvalue weighted by Gasteiger charge is -2.34. The minimum Gasteiger partial charge on any atom is -0.342 e. The first-order valence-electron chi connectivity index (χ1n) is 8.73. The minimum atomic E-state index is 0.0822. The molecule has 1 unspecified atom stereocenters. The predicted octanol–water partition coefficient (Wildman–Crippen LogP) is 3.85. The molecule has 0 spiro atoms. The molecule has 128 valence electrons. The molecule has 1 aliphatic rings. The summed E-state index contributed by atoms with van der Waals surface area (Å²) < 4.78 is 1.08. The molecule has 0 aliphatic carbocycles. The van der Waals surface area contributed by atoms with Crippen LogP contribution >= 0.6 is 15.9 Å². The summed E-state index contributed by atoms with van der Waals surface area (Å²) in [7, 11) is 0. The van der Waals surface area contributed by atoms with E-state index in [0.717, 1.165) is 49.8 Å². The number of nitrogens with zero attached hydrogens (tertiary/aromatic N) is 1. The van der Waals surface area contributed by atoms with Gasteiger partial charge in [0.05, 0.1) is 0 Å². The zero-order valence-corrected chi connectivity index (χ0v) is 15.9. The lowest BCUT2D eigenvalue weighted by Crippen LogP contribution is -2.43. The summed E-state index contributed by atoms with van der Waals surface area (Å²) in [4.78, 5) is 15.1. The molecule has 1 aliphatic heterocycles. The molecular formula is C19H29BrN2O. The van der Waals surface area contributed by atoms with E-state index in [2.05, 4.69) is 46.8 Å². The monoisotopic (exact) mass is 380 g/mol. The topological polar surface area (TPSA) is 46.3 Å². The fourth-order valence-electron chi connectivity index (χ4n) is 3.44. The van der Waals surface area contributed by atoms with Gasteiger partial charge in [-0.15, -0.1) is 0 Å². The van der Waals surface area contributed by atoms with Crippen molar-refractivity contribution in [3.05, 3.63) is 34.3 Å². The summed E-state index contributed by atoms with van der Waals surface area (Å²) >= 11 is 3.52. The third-order valence-corrected chi connectivity index (χ3v) is 5.23. The van der Waals surface area contributed by atoms with Gasteiger partial charge in [0.2, 0.25) is 5.91 Å². The molecule has 2 rings (SSSR count). The van der Waals surface area contributed by atoms with Crippen LogP contribution in [-0.4, -0.2) is 30.4 Å². The van der Waals surface area contributed by atoms with Crippen LogP contribution in [0.15, 0.2) is 28.7 Å². The normalized spacial score (nSPS) is 17.5. The van der Waals surface area contributed by atoms with Gasteiger partial charge in [0.25, 0.3) is 0 Å². The summed E-state index contributed by atoms with van der Waals surface area (Å²) in [5.74, 6) is 1.53. The highest BCUT2D eigenvalue weighted by Crippen LogP contribution is 2.24. The Morgan fingerprint density at radius 2 is 2.04 bits per heavy atom. The Hall–Kier alpha value is -0.870. The van der Waals surface area contributed by atoms with Gasteiger partial charge < -0.3 is 10.6 Å². The van der Waals surface area contributed by atoms with E-state index >= 15 is 0 Å². The van der Waals surface area contributed by atoms with E-state index in [-0.39, 0.29) is 5.92 Å². The van der Waals surface area contributed by atoms with Gasteiger partial charge in [-0.3, -0.25) is 4.79 Å². The maximum Gasteiger partial charge on any atom is 0.226 e. The first-order valence-corrected chi connectivity index (χ1v) is 9.52. The molecule has 0 aromatic heterocycles. The fraction of sp³-hybridized carbons (Fsp3) is 0.632. The number of piperidine rings is 1. The third-order valence-electron chi connectivity index (χ3n) is 4.74. The average molecular weight is 381 g/mol. The van der Waals surface area contributed by atoms with Gasteiger partial charge in [-0.05, 0) is 61.8 Å². The van der Waals surface area contributed by atoms with E-state index < -0.39 is 0 Å². The molecule has 1 aromatic carbocycles. The summed E-state index contributed by atoms with van der Waals surface area (Å²) in [6.45, 7) is 6.88. The molecule has 1 heterocycles. The van der Waals surface area contributed by atoms with Crippen LogP contribution < -0.4 is 5.73 Å². The number of halogens is 1. The zero-order valence-electron chi connectivity index (χ0n) is 14.3.